The second kappa shape index (κ2) is 5.69. The van der Waals surface area contributed by atoms with Gasteiger partial charge in [0.15, 0.2) is 0 Å². The van der Waals surface area contributed by atoms with Gasteiger partial charge in [-0.1, -0.05) is 0 Å². The SMILES string of the molecule is CCN(c1ccc(F)cc1)c1cc(C)ncc1C(=O)O. The molecule has 0 bridgehead atoms. The Bertz CT molecular complexity index is 626. The minimum atomic E-state index is -1.03. The monoisotopic (exact) mass is 274 g/mol. The van der Waals surface area contributed by atoms with Gasteiger partial charge in [-0.2, -0.15) is 0 Å². The van der Waals surface area contributed by atoms with E-state index >= 15 is 0 Å². The average molecular weight is 274 g/mol. The van der Waals surface area contributed by atoms with Crippen molar-refractivity contribution < 1.29 is 14.3 Å². The molecule has 1 aromatic carbocycles. The quantitative estimate of drug-likeness (QED) is 0.928. The number of anilines is 2. The van der Waals surface area contributed by atoms with Gasteiger partial charge in [0.05, 0.1) is 5.69 Å². The Morgan fingerprint density at radius 1 is 1.35 bits per heavy atom. The van der Waals surface area contributed by atoms with E-state index in [1.165, 1.54) is 18.3 Å². The van der Waals surface area contributed by atoms with Crippen molar-refractivity contribution in [3.05, 3.63) is 53.6 Å². The summed E-state index contributed by atoms with van der Waals surface area (Å²) in [5, 5.41) is 9.27. The van der Waals surface area contributed by atoms with Crippen LogP contribution >= 0.6 is 0 Å². The number of aromatic carboxylic acids is 1. The van der Waals surface area contributed by atoms with Crippen LogP contribution < -0.4 is 4.90 Å². The number of rotatable bonds is 4. The lowest BCUT2D eigenvalue weighted by Gasteiger charge is -2.25. The van der Waals surface area contributed by atoms with Gasteiger partial charge in [-0.05, 0) is 44.2 Å². The summed E-state index contributed by atoms with van der Waals surface area (Å²) in [7, 11) is 0. The molecule has 104 valence electrons. The zero-order valence-electron chi connectivity index (χ0n) is 11.3. The third-order valence-electron chi connectivity index (χ3n) is 2.99. The molecular formula is C15H15FN2O2. The van der Waals surface area contributed by atoms with E-state index in [0.717, 1.165) is 11.4 Å². The van der Waals surface area contributed by atoms with E-state index in [1.54, 1.807) is 25.1 Å². The number of carboxylic acids is 1. The lowest BCUT2D eigenvalue weighted by atomic mass is 10.1. The lowest BCUT2D eigenvalue weighted by molar-refractivity contribution is 0.0697. The second-order valence-corrected chi connectivity index (χ2v) is 4.37. The molecule has 0 aliphatic carbocycles. The molecule has 2 rings (SSSR count). The molecule has 0 aliphatic rings. The van der Waals surface area contributed by atoms with Crippen LogP contribution in [-0.4, -0.2) is 22.6 Å². The largest absolute Gasteiger partial charge is 0.478 e. The topological polar surface area (TPSA) is 53.4 Å². The predicted octanol–water partition coefficient (Wildman–Crippen LogP) is 3.39. The summed E-state index contributed by atoms with van der Waals surface area (Å²) >= 11 is 0. The van der Waals surface area contributed by atoms with E-state index in [-0.39, 0.29) is 11.4 Å². The molecule has 0 fully saturated rings. The van der Waals surface area contributed by atoms with Crippen LogP contribution in [0.1, 0.15) is 23.0 Å². The molecule has 4 nitrogen and oxygen atoms in total. The molecule has 0 aliphatic heterocycles. The van der Waals surface area contributed by atoms with Crippen molar-refractivity contribution in [2.75, 3.05) is 11.4 Å². The van der Waals surface area contributed by atoms with E-state index in [1.807, 2.05) is 11.8 Å². The normalized spacial score (nSPS) is 10.3. The van der Waals surface area contributed by atoms with E-state index in [4.69, 9.17) is 0 Å². The Morgan fingerprint density at radius 3 is 2.55 bits per heavy atom. The van der Waals surface area contributed by atoms with E-state index in [0.29, 0.717) is 12.2 Å². The van der Waals surface area contributed by atoms with Crippen LogP contribution in [0.4, 0.5) is 15.8 Å². The molecule has 0 unspecified atom stereocenters. The summed E-state index contributed by atoms with van der Waals surface area (Å²) in [6.07, 6.45) is 1.35. The molecule has 0 spiro atoms. The average Bonchev–Trinajstić information content (AvgIpc) is 2.41. The first-order valence-electron chi connectivity index (χ1n) is 6.26. The molecule has 0 saturated heterocycles. The molecule has 5 heteroatoms. The highest BCUT2D eigenvalue weighted by Crippen LogP contribution is 2.28. The smallest absolute Gasteiger partial charge is 0.339 e. The first-order chi connectivity index (χ1) is 9.52. The summed E-state index contributed by atoms with van der Waals surface area (Å²) in [4.78, 5) is 17.1. The van der Waals surface area contributed by atoms with Gasteiger partial charge in [0.1, 0.15) is 11.4 Å². The molecule has 20 heavy (non-hydrogen) atoms. The maximum absolute atomic E-state index is 13.0. The van der Waals surface area contributed by atoms with Crippen LogP contribution in [0, 0.1) is 12.7 Å². The van der Waals surface area contributed by atoms with Gasteiger partial charge in [-0.3, -0.25) is 4.98 Å². The molecule has 0 atom stereocenters. The van der Waals surface area contributed by atoms with Gasteiger partial charge in [0.2, 0.25) is 0 Å². The van der Waals surface area contributed by atoms with Gasteiger partial charge in [0, 0.05) is 24.1 Å². The minimum absolute atomic E-state index is 0.127. The molecule has 1 aromatic heterocycles. The Balaban J connectivity index is 2.53. The Hall–Kier alpha value is -2.43. The van der Waals surface area contributed by atoms with E-state index < -0.39 is 5.97 Å². The number of aryl methyl sites for hydroxylation is 1. The summed E-state index contributed by atoms with van der Waals surface area (Å²) in [5.74, 6) is -1.36. The zero-order valence-corrected chi connectivity index (χ0v) is 11.3. The van der Waals surface area contributed by atoms with Crippen LogP contribution in [0.3, 0.4) is 0 Å². The Morgan fingerprint density at radius 2 is 2.00 bits per heavy atom. The van der Waals surface area contributed by atoms with E-state index in [9.17, 15) is 14.3 Å². The third-order valence-corrected chi connectivity index (χ3v) is 2.99. The number of nitrogens with zero attached hydrogens (tertiary/aromatic N) is 2. The van der Waals surface area contributed by atoms with Gasteiger partial charge in [-0.25, -0.2) is 9.18 Å². The maximum Gasteiger partial charge on any atom is 0.339 e. The number of carboxylic acid groups (broad SMARTS) is 1. The van der Waals surface area contributed by atoms with Crippen molar-refractivity contribution >= 4 is 17.3 Å². The minimum Gasteiger partial charge on any atom is -0.478 e. The summed E-state index contributed by atoms with van der Waals surface area (Å²) in [6.45, 7) is 4.27. The fourth-order valence-corrected chi connectivity index (χ4v) is 2.05. The van der Waals surface area contributed by atoms with Crippen LogP contribution in [0.25, 0.3) is 0 Å². The first kappa shape index (κ1) is 14.0. The fourth-order valence-electron chi connectivity index (χ4n) is 2.05. The highest BCUT2D eigenvalue weighted by molar-refractivity contribution is 5.95. The van der Waals surface area contributed by atoms with E-state index in [2.05, 4.69) is 4.98 Å². The van der Waals surface area contributed by atoms with Crippen molar-refractivity contribution in [2.45, 2.75) is 13.8 Å². The predicted molar refractivity (Wildman–Crippen MR) is 75.0 cm³/mol. The van der Waals surface area contributed by atoms with Gasteiger partial charge in [-0.15, -0.1) is 0 Å². The number of halogens is 1. The molecule has 1 N–H and O–H groups in total. The zero-order chi connectivity index (χ0) is 14.7. The van der Waals surface area contributed by atoms with Crippen LogP contribution in [-0.2, 0) is 0 Å². The molecule has 0 saturated carbocycles. The lowest BCUT2D eigenvalue weighted by Crippen LogP contribution is -2.19. The number of carbonyl (C=O) groups is 1. The number of aromatic nitrogens is 1. The fraction of sp³-hybridized carbons (Fsp3) is 0.200. The van der Waals surface area contributed by atoms with Gasteiger partial charge < -0.3 is 10.0 Å². The first-order valence-corrected chi connectivity index (χ1v) is 6.26. The highest BCUT2D eigenvalue weighted by atomic mass is 19.1. The third kappa shape index (κ3) is 2.77. The number of benzene rings is 1. The van der Waals surface area contributed by atoms with Crippen molar-refractivity contribution in [3.63, 3.8) is 0 Å². The van der Waals surface area contributed by atoms with Crippen molar-refractivity contribution in [2.24, 2.45) is 0 Å². The number of hydrogen-bond acceptors (Lipinski definition) is 3. The second-order valence-electron chi connectivity index (χ2n) is 4.37. The standard InChI is InChI=1S/C15H15FN2O2/c1-3-18(12-6-4-11(16)5-7-12)14-8-10(2)17-9-13(14)15(19)20/h4-9H,3H2,1-2H3,(H,19,20). The summed E-state index contributed by atoms with van der Waals surface area (Å²) in [5.41, 5.74) is 2.15. The molecule has 0 radical (unpaired) electrons. The Kier molecular flexibility index (Phi) is 3.98. The van der Waals surface area contributed by atoms with Crippen molar-refractivity contribution in [1.82, 2.24) is 4.98 Å². The maximum atomic E-state index is 13.0. The Labute approximate surface area is 116 Å². The molecular weight excluding hydrogens is 259 g/mol. The van der Waals surface area contributed by atoms with Gasteiger partial charge >= 0.3 is 5.97 Å². The van der Waals surface area contributed by atoms with Crippen LogP contribution in [0.5, 0.6) is 0 Å². The number of pyridine rings is 1. The van der Waals surface area contributed by atoms with Crippen LogP contribution in [0.2, 0.25) is 0 Å². The molecule has 0 amide bonds. The summed E-state index contributed by atoms with van der Waals surface area (Å²) < 4.78 is 13.0. The number of hydrogen-bond donors (Lipinski definition) is 1. The van der Waals surface area contributed by atoms with Crippen molar-refractivity contribution in [3.8, 4) is 0 Å². The molecule has 2 aromatic rings. The van der Waals surface area contributed by atoms with Gasteiger partial charge in [0.25, 0.3) is 0 Å². The highest BCUT2D eigenvalue weighted by Gasteiger charge is 2.17. The van der Waals surface area contributed by atoms with Crippen LogP contribution in [0.15, 0.2) is 36.5 Å². The van der Waals surface area contributed by atoms with Crippen molar-refractivity contribution in [1.29, 1.82) is 0 Å². The molecule has 1 heterocycles. The summed E-state index contributed by atoms with van der Waals surface area (Å²) in [6, 6.07) is 7.68.